The third kappa shape index (κ3) is 3.22. The number of carbonyl (C=O) groups is 1. The minimum Gasteiger partial charge on any atom is -0.348 e. The number of likely N-dealkylation sites (N-methyl/N-ethyl adjacent to an activating group) is 1. The Morgan fingerprint density at radius 2 is 2.00 bits per heavy atom. The number of nitrogens with one attached hydrogen (secondary N) is 1. The fraction of sp³-hybridized carbons (Fsp3) is 0.412. The molecule has 120 valence electrons. The van der Waals surface area contributed by atoms with Gasteiger partial charge >= 0.3 is 0 Å². The first kappa shape index (κ1) is 15.6. The van der Waals surface area contributed by atoms with Crippen LogP contribution in [0.5, 0.6) is 0 Å². The molecule has 1 amide bonds. The molecule has 0 saturated carbocycles. The van der Waals surface area contributed by atoms with Gasteiger partial charge in [0.1, 0.15) is 6.33 Å². The van der Waals surface area contributed by atoms with Crippen molar-refractivity contribution in [1.82, 2.24) is 25.2 Å². The minimum atomic E-state index is -0.0819. The van der Waals surface area contributed by atoms with Crippen molar-refractivity contribution in [2.45, 2.75) is 33.4 Å². The standard InChI is InChI=1S/C17H21N5O/c1-11-15(12(2)21-10-20-11)8-19-17(23)16-7-18-6-13-9-22(3)5-4-14(13)16/h6-7,10H,4-5,8-9H2,1-3H3,(H,19,23). The van der Waals surface area contributed by atoms with Crippen LogP contribution in [0.15, 0.2) is 18.7 Å². The lowest BCUT2D eigenvalue weighted by atomic mass is 9.97. The number of aromatic nitrogens is 3. The summed E-state index contributed by atoms with van der Waals surface area (Å²) in [6.45, 7) is 6.09. The predicted octanol–water partition coefficient (Wildman–Crippen LogP) is 1.41. The zero-order valence-corrected chi connectivity index (χ0v) is 13.8. The Balaban J connectivity index is 1.78. The summed E-state index contributed by atoms with van der Waals surface area (Å²) in [7, 11) is 2.08. The third-order valence-electron chi connectivity index (χ3n) is 4.38. The summed E-state index contributed by atoms with van der Waals surface area (Å²) in [4.78, 5) is 27.4. The van der Waals surface area contributed by atoms with Crippen LogP contribution in [0.4, 0.5) is 0 Å². The molecule has 0 aromatic carbocycles. The summed E-state index contributed by atoms with van der Waals surface area (Å²) in [6.07, 6.45) is 5.95. The van der Waals surface area contributed by atoms with Crippen LogP contribution in [0.2, 0.25) is 0 Å². The summed E-state index contributed by atoms with van der Waals surface area (Å²) in [5.74, 6) is -0.0819. The Labute approximate surface area is 136 Å². The van der Waals surface area contributed by atoms with Crippen LogP contribution in [-0.2, 0) is 19.5 Å². The first-order chi connectivity index (χ1) is 11.1. The van der Waals surface area contributed by atoms with Crippen molar-refractivity contribution in [3.8, 4) is 0 Å². The molecule has 6 nitrogen and oxygen atoms in total. The van der Waals surface area contributed by atoms with E-state index in [1.807, 2.05) is 20.0 Å². The van der Waals surface area contributed by atoms with Gasteiger partial charge in [0.15, 0.2) is 0 Å². The highest BCUT2D eigenvalue weighted by Gasteiger charge is 2.20. The highest BCUT2D eigenvalue weighted by molar-refractivity contribution is 5.95. The Morgan fingerprint density at radius 1 is 1.26 bits per heavy atom. The molecule has 0 bridgehead atoms. The summed E-state index contributed by atoms with van der Waals surface area (Å²) >= 11 is 0. The lowest BCUT2D eigenvalue weighted by Gasteiger charge is -2.26. The highest BCUT2D eigenvalue weighted by atomic mass is 16.1. The van der Waals surface area contributed by atoms with Crippen molar-refractivity contribution in [2.75, 3.05) is 13.6 Å². The average molecular weight is 311 g/mol. The maximum Gasteiger partial charge on any atom is 0.253 e. The van der Waals surface area contributed by atoms with Crippen molar-refractivity contribution in [2.24, 2.45) is 0 Å². The summed E-state index contributed by atoms with van der Waals surface area (Å²) in [6, 6.07) is 0. The lowest BCUT2D eigenvalue weighted by molar-refractivity contribution is 0.0948. The molecule has 0 atom stereocenters. The number of pyridine rings is 1. The summed E-state index contributed by atoms with van der Waals surface area (Å²) in [5, 5.41) is 2.99. The fourth-order valence-corrected chi connectivity index (χ4v) is 2.97. The van der Waals surface area contributed by atoms with E-state index in [4.69, 9.17) is 0 Å². The molecule has 2 aromatic rings. The number of carbonyl (C=O) groups excluding carboxylic acids is 1. The monoisotopic (exact) mass is 311 g/mol. The number of rotatable bonds is 3. The molecule has 0 spiro atoms. The smallest absolute Gasteiger partial charge is 0.253 e. The molecule has 0 unspecified atom stereocenters. The van der Waals surface area contributed by atoms with Gasteiger partial charge in [0.2, 0.25) is 0 Å². The van der Waals surface area contributed by atoms with E-state index >= 15 is 0 Å². The van der Waals surface area contributed by atoms with Gasteiger partial charge in [-0.25, -0.2) is 9.97 Å². The molecular weight excluding hydrogens is 290 g/mol. The maximum absolute atomic E-state index is 12.6. The van der Waals surface area contributed by atoms with Gasteiger partial charge < -0.3 is 10.2 Å². The second-order valence-corrected chi connectivity index (χ2v) is 6.02. The van der Waals surface area contributed by atoms with Crippen molar-refractivity contribution in [3.05, 3.63) is 52.4 Å². The first-order valence-corrected chi connectivity index (χ1v) is 7.76. The third-order valence-corrected chi connectivity index (χ3v) is 4.38. The number of nitrogens with zero attached hydrogens (tertiary/aromatic N) is 4. The zero-order valence-electron chi connectivity index (χ0n) is 13.8. The molecule has 6 heteroatoms. The fourth-order valence-electron chi connectivity index (χ4n) is 2.97. The Morgan fingerprint density at radius 3 is 2.74 bits per heavy atom. The Kier molecular flexibility index (Phi) is 4.34. The zero-order chi connectivity index (χ0) is 16.4. The summed E-state index contributed by atoms with van der Waals surface area (Å²) < 4.78 is 0. The van der Waals surface area contributed by atoms with E-state index in [9.17, 15) is 4.79 Å². The molecule has 3 rings (SSSR count). The van der Waals surface area contributed by atoms with Crippen LogP contribution >= 0.6 is 0 Å². The van der Waals surface area contributed by atoms with Gasteiger partial charge in [-0.05, 0) is 38.4 Å². The number of hydrogen-bond donors (Lipinski definition) is 1. The van der Waals surface area contributed by atoms with Gasteiger partial charge in [-0.2, -0.15) is 0 Å². The van der Waals surface area contributed by atoms with Gasteiger partial charge in [0.25, 0.3) is 5.91 Å². The Bertz CT molecular complexity index is 724. The highest BCUT2D eigenvalue weighted by Crippen LogP contribution is 2.20. The molecule has 1 N–H and O–H groups in total. The van der Waals surface area contributed by atoms with Crippen LogP contribution in [0.25, 0.3) is 0 Å². The van der Waals surface area contributed by atoms with Crippen LogP contribution in [0.1, 0.15) is 38.4 Å². The second kappa shape index (κ2) is 6.42. The summed E-state index contributed by atoms with van der Waals surface area (Å²) in [5.41, 5.74) is 5.71. The molecule has 0 aliphatic carbocycles. The first-order valence-electron chi connectivity index (χ1n) is 7.76. The van der Waals surface area contributed by atoms with Crippen molar-refractivity contribution < 1.29 is 4.79 Å². The number of amides is 1. The lowest BCUT2D eigenvalue weighted by Crippen LogP contribution is -2.31. The number of fused-ring (bicyclic) bond motifs is 1. The Hall–Kier alpha value is -2.34. The van der Waals surface area contributed by atoms with Crippen molar-refractivity contribution in [1.29, 1.82) is 0 Å². The van der Waals surface area contributed by atoms with Crippen LogP contribution in [-0.4, -0.2) is 39.4 Å². The molecule has 0 fully saturated rings. The molecule has 23 heavy (non-hydrogen) atoms. The average Bonchev–Trinajstić information content (AvgIpc) is 2.53. The molecule has 1 aliphatic rings. The molecule has 0 radical (unpaired) electrons. The molecule has 2 aromatic heterocycles. The van der Waals surface area contributed by atoms with Crippen LogP contribution in [0.3, 0.4) is 0 Å². The van der Waals surface area contributed by atoms with Crippen molar-refractivity contribution >= 4 is 5.91 Å². The largest absolute Gasteiger partial charge is 0.348 e. The van der Waals surface area contributed by atoms with Gasteiger partial charge in [-0.3, -0.25) is 9.78 Å². The van der Waals surface area contributed by atoms with E-state index in [0.29, 0.717) is 12.1 Å². The molecule has 1 aliphatic heterocycles. The normalized spacial score (nSPS) is 14.4. The van der Waals surface area contributed by atoms with E-state index in [0.717, 1.165) is 47.6 Å². The molecule has 3 heterocycles. The van der Waals surface area contributed by atoms with Gasteiger partial charge in [0, 0.05) is 49.0 Å². The maximum atomic E-state index is 12.6. The van der Waals surface area contributed by atoms with Crippen molar-refractivity contribution in [3.63, 3.8) is 0 Å². The molecular formula is C17H21N5O. The van der Waals surface area contributed by atoms with Gasteiger partial charge in [-0.15, -0.1) is 0 Å². The topological polar surface area (TPSA) is 71.0 Å². The van der Waals surface area contributed by atoms with Gasteiger partial charge in [0.05, 0.1) is 5.56 Å². The SMILES string of the molecule is Cc1ncnc(C)c1CNC(=O)c1cncc2c1CCN(C)C2. The predicted molar refractivity (Wildman–Crippen MR) is 87.0 cm³/mol. The van der Waals surface area contributed by atoms with E-state index < -0.39 is 0 Å². The second-order valence-electron chi connectivity index (χ2n) is 6.02. The molecule has 0 saturated heterocycles. The number of aryl methyl sites for hydroxylation is 2. The van der Waals surface area contributed by atoms with E-state index in [1.165, 1.54) is 0 Å². The number of hydrogen-bond acceptors (Lipinski definition) is 5. The van der Waals surface area contributed by atoms with E-state index in [-0.39, 0.29) is 5.91 Å². The van der Waals surface area contributed by atoms with Crippen LogP contribution in [0, 0.1) is 13.8 Å². The van der Waals surface area contributed by atoms with E-state index in [2.05, 4.69) is 32.2 Å². The van der Waals surface area contributed by atoms with Crippen LogP contribution < -0.4 is 5.32 Å². The van der Waals surface area contributed by atoms with E-state index in [1.54, 1.807) is 12.5 Å². The minimum absolute atomic E-state index is 0.0819. The quantitative estimate of drug-likeness (QED) is 0.928. The van der Waals surface area contributed by atoms with Gasteiger partial charge in [-0.1, -0.05) is 0 Å².